The Hall–Kier alpha value is -2.75. The van der Waals surface area contributed by atoms with E-state index in [1.165, 1.54) is 5.56 Å². The number of likely N-dealkylation sites (N-methyl/N-ethyl adjacent to an activating group) is 1. The minimum Gasteiger partial charge on any atom is -0.493 e. The van der Waals surface area contributed by atoms with E-state index in [-0.39, 0.29) is 5.91 Å². The molecule has 0 saturated heterocycles. The Kier molecular flexibility index (Phi) is 7.27. The zero-order valence-corrected chi connectivity index (χ0v) is 16.0. The molecule has 2 rings (SSSR count). The maximum Gasteiger partial charge on any atom is 0.246 e. The molecule has 0 fully saturated rings. The fourth-order valence-corrected chi connectivity index (χ4v) is 2.60. The van der Waals surface area contributed by atoms with E-state index in [2.05, 4.69) is 19.1 Å². The summed E-state index contributed by atoms with van der Waals surface area (Å²) < 4.78 is 10.6. The molecule has 1 amide bonds. The number of benzene rings is 2. The van der Waals surface area contributed by atoms with Crippen LogP contribution in [0.3, 0.4) is 0 Å². The second kappa shape index (κ2) is 9.66. The van der Waals surface area contributed by atoms with Gasteiger partial charge in [-0.25, -0.2) is 0 Å². The lowest BCUT2D eigenvalue weighted by Gasteiger charge is -2.16. The van der Waals surface area contributed by atoms with Crippen molar-refractivity contribution in [3.8, 4) is 11.5 Å². The average molecular weight is 353 g/mol. The molecule has 0 atom stereocenters. The van der Waals surface area contributed by atoms with Crippen LogP contribution in [0.4, 0.5) is 0 Å². The van der Waals surface area contributed by atoms with Gasteiger partial charge < -0.3 is 14.4 Å². The van der Waals surface area contributed by atoms with Crippen molar-refractivity contribution in [3.05, 3.63) is 65.2 Å². The van der Waals surface area contributed by atoms with Crippen LogP contribution in [0.15, 0.2) is 48.5 Å². The van der Waals surface area contributed by atoms with Crippen molar-refractivity contribution in [3.63, 3.8) is 0 Å². The van der Waals surface area contributed by atoms with Crippen LogP contribution in [0, 0.1) is 0 Å². The number of carbonyl (C=O) groups excluding carboxylic acids is 1. The second-order valence-electron chi connectivity index (χ2n) is 6.13. The monoisotopic (exact) mass is 353 g/mol. The van der Waals surface area contributed by atoms with Crippen molar-refractivity contribution in [2.45, 2.75) is 19.8 Å². The molecule has 0 aromatic heterocycles. The van der Waals surface area contributed by atoms with Gasteiger partial charge in [-0.2, -0.15) is 0 Å². The molecule has 4 nitrogen and oxygen atoms in total. The summed E-state index contributed by atoms with van der Waals surface area (Å²) in [4.78, 5) is 14.0. The van der Waals surface area contributed by atoms with Crippen LogP contribution in [0.2, 0.25) is 0 Å². The third kappa shape index (κ3) is 5.38. The molecule has 0 radical (unpaired) electrons. The molecule has 0 spiro atoms. The molecule has 4 heteroatoms. The molecule has 26 heavy (non-hydrogen) atoms. The number of rotatable bonds is 8. The molecular formula is C22H27NO3. The second-order valence-corrected chi connectivity index (χ2v) is 6.13. The van der Waals surface area contributed by atoms with Crippen LogP contribution < -0.4 is 9.47 Å². The van der Waals surface area contributed by atoms with Gasteiger partial charge in [-0.15, -0.1) is 0 Å². The Morgan fingerprint density at radius 1 is 1.00 bits per heavy atom. The van der Waals surface area contributed by atoms with Gasteiger partial charge in [0.15, 0.2) is 11.5 Å². The van der Waals surface area contributed by atoms with Crippen molar-refractivity contribution in [1.29, 1.82) is 0 Å². The van der Waals surface area contributed by atoms with Gasteiger partial charge >= 0.3 is 0 Å². The highest BCUT2D eigenvalue weighted by Gasteiger charge is 2.08. The van der Waals surface area contributed by atoms with Crippen molar-refractivity contribution in [1.82, 2.24) is 4.90 Å². The van der Waals surface area contributed by atoms with Gasteiger partial charge in [-0.3, -0.25) is 4.79 Å². The first kappa shape index (κ1) is 19.6. The normalized spacial score (nSPS) is 10.8. The third-order valence-electron chi connectivity index (χ3n) is 4.37. The highest BCUT2D eigenvalue weighted by molar-refractivity contribution is 5.91. The molecule has 0 heterocycles. The molecule has 0 saturated carbocycles. The maximum absolute atomic E-state index is 12.3. The summed E-state index contributed by atoms with van der Waals surface area (Å²) in [5.41, 5.74) is 3.42. The zero-order valence-electron chi connectivity index (χ0n) is 16.0. The molecule has 0 unspecified atom stereocenters. The lowest BCUT2D eigenvalue weighted by molar-refractivity contribution is -0.124. The quantitative estimate of drug-likeness (QED) is 0.674. The number of amides is 1. The van der Waals surface area contributed by atoms with E-state index in [9.17, 15) is 4.79 Å². The topological polar surface area (TPSA) is 38.8 Å². The van der Waals surface area contributed by atoms with Gasteiger partial charge in [-0.1, -0.05) is 37.3 Å². The van der Waals surface area contributed by atoms with Crippen molar-refractivity contribution >= 4 is 12.0 Å². The van der Waals surface area contributed by atoms with E-state index in [1.807, 2.05) is 43.5 Å². The molecule has 2 aromatic carbocycles. The molecule has 0 bridgehead atoms. The fourth-order valence-electron chi connectivity index (χ4n) is 2.60. The van der Waals surface area contributed by atoms with Crippen LogP contribution in [0.5, 0.6) is 11.5 Å². The van der Waals surface area contributed by atoms with Crippen LogP contribution >= 0.6 is 0 Å². The Bertz CT molecular complexity index is 750. The van der Waals surface area contributed by atoms with Crippen molar-refractivity contribution < 1.29 is 14.3 Å². The van der Waals surface area contributed by atoms with E-state index in [1.54, 1.807) is 25.2 Å². The summed E-state index contributed by atoms with van der Waals surface area (Å²) in [6, 6.07) is 14.1. The smallest absolute Gasteiger partial charge is 0.246 e. The Morgan fingerprint density at radius 3 is 2.27 bits per heavy atom. The highest BCUT2D eigenvalue weighted by Crippen LogP contribution is 2.27. The summed E-state index contributed by atoms with van der Waals surface area (Å²) in [5.74, 6) is 1.40. The summed E-state index contributed by atoms with van der Waals surface area (Å²) in [7, 11) is 5.05. The number of hydrogen-bond donors (Lipinski definition) is 0. The Labute approximate surface area is 156 Å². The van der Waals surface area contributed by atoms with Crippen LogP contribution in [-0.4, -0.2) is 38.6 Å². The summed E-state index contributed by atoms with van der Waals surface area (Å²) in [5, 5.41) is 0. The van der Waals surface area contributed by atoms with E-state index in [0.717, 1.165) is 24.0 Å². The number of aryl methyl sites for hydroxylation is 1. The Morgan fingerprint density at radius 2 is 1.65 bits per heavy atom. The lowest BCUT2D eigenvalue weighted by Crippen LogP contribution is -2.27. The summed E-state index contributed by atoms with van der Waals surface area (Å²) in [6.45, 7) is 2.76. The number of nitrogens with zero attached hydrogens (tertiary/aromatic N) is 1. The summed E-state index contributed by atoms with van der Waals surface area (Å²) in [6.07, 6.45) is 5.24. The molecular weight excluding hydrogens is 326 g/mol. The van der Waals surface area contributed by atoms with Gasteiger partial charge in [0.05, 0.1) is 14.2 Å². The molecule has 0 aliphatic carbocycles. The third-order valence-corrected chi connectivity index (χ3v) is 4.37. The predicted octanol–water partition coefficient (Wildman–Crippen LogP) is 3.98. The van der Waals surface area contributed by atoms with E-state index >= 15 is 0 Å². The minimum atomic E-state index is -0.00922. The Balaban J connectivity index is 1.91. The first-order valence-electron chi connectivity index (χ1n) is 8.80. The van der Waals surface area contributed by atoms with Crippen molar-refractivity contribution in [2.24, 2.45) is 0 Å². The number of carbonyl (C=O) groups is 1. The fraction of sp³-hybridized carbons (Fsp3) is 0.318. The van der Waals surface area contributed by atoms with Crippen LogP contribution in [0.1, 0.15) is 23.6 Å². The van der Waals surface area contributed by atoms with E-state index in [4.69, 9.17) is 9.47 Å². The minimum absolute atomic E-state index is 0.00922. The first-order valence-corrected chi connectivity index (χ1v) is 8.80. The highest BCUT2D eigenvalue weighted by atomic mass is 16.5. The number of methoxy groups -OCH3 is 2. The van der Waals surface area contributed by atoms with E-state index in [0.29, 0.717) is 18.0 Å². The average Bonchev–Trinajstić information content (AvgIpc) is 2.70. The largest absolute Gasteiger partial charge is 0.493 e. The summed E-state index contributed by atoms with van der Waals surface area (Å²) >= 11 is 0. The van der Waals surface area contributed by atoms with Gasteiger partial charge in [0.2, 0.25) is 5.91 Å². The van der Waals surface area contributed by atoms with E-state index < -0.39 is 0 Å². The first-order chi connectivity index (χ1) is 12.6. The van der Waals surface area contributed by atoms with Gasteiger partial charge in [0, 0.05) is 19.7 Å². The standard InChI is InChI=1S/C22H27NO3/c1-5-17-6-8-18(9-7-17)11-13-22(24)23(2)15-14-19-10-12-20(25-3)21(16-19)26-4/h6-13,16H,5,14-15H2,1-4H3/b13-11+. The van der Waals surface area contributed by atoms with Gasteiger partial charge in [-0.05, 0) is 47.7 Å². The van der Waals surface area contributed by atoms with Gasteiger partial charge in [0.25, 0.3) is 0 Å². The van der Waals surface area contributed by atoms with Crippen molar-refractivity contribution in [2.75, 3.05) is 27.8 Å². The van der Waals surface area contributed by atoms with Crippen LogP contribution in [-0.2, 0) is 17.6 Å². The lowest BCUT2D eigenvalue weighted by atomic mass is 10.1. The molecule has 0 aliphatic heterocycles. The predicted molar refractivity (Wildman–Crippen MR) is 106 cm³/mol. The molecule has 0 N–H and O–H groups in total. The van der Waals surface area contributed by atoms with Gasteiger partial charge in [0.1, 0.15) is 0 Å². The SMILES string of the molecule is CCc1ccc(/C=C/C(=O)N(C)CCc2ccc(OC)c(OC)c2)cc1. The molecule has 138 valence electrons. The zero-order chi connectivity index (χ0) is 18.9. The maximum atomic E-state index is 12.3. The number of hydrogen-bond acceptors (Lipinski definition) is 3. The number of ether oxygens (including phenoxy) is 2. The molecule has 0 aliphatic rings. The molecule has 2 aromatic rings. The van der Waals surface area contributed by atoms with Crippen LogP contribution in [0.25, 0.3) is 6.08 Å².